The van der Waals surface area contributed by atoms with Crippen molar-refractivity contribution in [2.75, 3.05) is 13.7 Å². The number of rotatable bonds is 13. The molecule has 2 aliphatic heterocycles. The zero-order valence-corrected chi connectivity index (χ0v) is 31.1. The standard InChI is InChI=1S/C37H52ClN3O8/c1-10-11-23(31(44)29(43)15-22-12-13-22)16-28(42)27-19-37(18-26(40-49-37)24-17-25(38)30(47-9)14-21(24)2)20-41(27)33(45)32(35(3,4)5)39-34(46)48-36(6,7)8/h14,17,22-23,27,32H,10-13,15-16,18-20H2,1-9H3,(H,39,46)/t23-,27+,32-,37-/m1/s1. The molecule has 1 aliphatic carbocycles. The molecule has 2 amide bonds. The summed E-state index contributed by atoms with van der Waals surface area (Å²) < 4.78 is 10.8. The van der Waals surface area contributed by atoms with Crippen molar-refractivity contribution in [1.82, 2.24) is 10.2 Å². The number of amides is 2. The summed E-state index contributed by atoms with van der Waals surface area (Å²) in [5.41, 5.74) is -0.348. The average Bonchev–Trinajstić information content (AvgIpc) is 3.60. The molecule has 1 saturated carbocycles. The van der Waals surface area contributed by atoms with E-state index >= 15 is 0 Å². The molecule has 11 nitrogen and oxygen atoms in total. The summed E-state index contributed by atoms with van der Waals surface area (Å²) in [5.74, 6) is -1.73. The van der Waals surface area contributed by atoms with Gasteiger partial charge in [-0.25, -0.2) is 4.79 Å². The molecule has 4 atom stereocenters. The van der Waals surface area contributed by atoms with Crippen LogP contribution in [0.2, 0.25) is 5.02 Å². The second-order valence-corrected chi connectivity index (χ2v) is 16.4. The van der Waals surface area contributed by atoms with Crippen LogP contribution in [0.5, 0.6) is 5.75 Å². The molecule has 0 bridgehead atoms. The van der Waals surface area contributed by atoms with Crippen molar-refractivity contribution < 1.29 is 38.3 Å². The van der Waals surface area contributed by atoms with Gasteiger partial charge in [-0.15, -0.1) is 0 Å². The quantitative estimate of drug-likeness (QED) is 0.234. The molecule has 2 heterocycles. The molecular formula is C37H52ClN3O8. The summed E-state index contributed by atoms with van der Waals surface area (Å²) in [6.07, 6.45) is 2.60. The lowest BCUT2D eigenvalue weighted by atomic mass is 9.84. The van der Waals surface area contributed by atoms with Gasteiger partial charge in [0.1, 0.15) is 17.4 Å². The van der Waals surface area contributed by atoms with Crippen LogP contribution in [0.15, 0.2) is 17.3 Å². The van der Waals surface area contributed by atoms with E-state index in [-0.39, 0.29) is 37.5 Å². The highest BCUT2D eigenvalue weighted by molar-refractivity contribution is 6.38. The monoisotopic (exact) mass is 701 g/mol. The number of Topliss-reactive ketones (excluding diaryl/α,β-unsaturated/α-hetero) is 3. The number of methoxy groups -OCH3 is 1. The number of benzene rings is 1. The minimum absolute atomic E-state index is 0.0216. The van der Waals surface area contributed by atoms with Gasteiger partial charge in [0.15, 0.2) is 17.2 Å². The van der Waals surface area contributed by atoms with Crippen LogP contribution >= 0.6 is 11.6 Å². The number of likely N-dealkylation sites (tertiary alicyclic amines) is 1. The predicted octanol–water partition coefficient (Wildman–Crippen LogP) is 6.37. The van der Waals surface area contributed by atoms with Crippen molar-refractivity contribution in [3.05, 3.63) is 28.3 Å². The Morgan fingerprint density at radius 2 is 1.80 bits per heavy atom. The lowest BCUT2D eigenvalue weighted by Gasteiger charge is -2.36. The van der Waals surface area contributed by atoms with Crippen LogP contribution in [0.1, 0.15) is 111 Å². The highest BCUT2D eigenvalue weighted by atomic mass is 35.5. The molecule has 0 unspecified atom stereocenters. The van der Waals surface area contributed by atoms with E-state index in [0.29, 0.717) is 35.7 Å². The van der Waals surface area contributed by atoms with Crippen LogP contribution in [0.3, 0.4) is 0 Å². The molecule has 2 fully saturated rings. The summed E-state index contributed by atoms with van der Waals surface area (Å²) in [7, 11) is 1.54. The Labute approximate surface area is 294 Å². The third kappa shape index (κ3) is 9.41. The van der Waals surface area contributed by atoms with Crippen molar-refractivity contribution in [2.45, 2.75) is 130 Å². The summed E-state index contributed by atoms with van der Waals surface area (Å²) in [6, 6.07) is 1.55. The Morgan fingerprint density at radius 1 is 1.12 bits per heavy atom. The fraction of sp³-hybridized carbons (Fsp3) is 0.676. The molecule has 1 N–H and O–H groups in total. The van der Waals surface area contributed by atoms with Crippen molar-refractivity contribution in [1.29, 1.82) is 0 Å². The van der Waals surface area contributed by atoms with Crippen LogP contribution in [-0.2, 0) is 28.8 Å². The van der Waals surface area contributed by atoms with Gasteiger partial charge < -0.3 is 24.5 Å². The maximum Gasteiger partial charge on any atom is 0.408 e. The average molecular weight is 702 g/mol. The first kappa shape index (κ1) is 38.3. The Bertz CT molecular complexity index is 1510. The predicted molar refractivity (Wildman–Crippen MR) is 186 cm³/mol. The van der Waals surface area contributed by atoms with Gasteiger partial charge in [-0.1, -0.05) is 50.9 Å². The molecule has 0 aromatic heterocycles. The summed E-state index contributed by atoms with van der Waals surface area (Å²) in [5, 5.41) is 7.58. The van der Waals surface area contributed by atoms with Crippen molar-refractivity contribution in [3.63, 3.8) is 0 Å². The smallest absolute Gasteiger partial charge is 0.408 e. The summed E-state index contributed by atoms with van der Waals surface area (Å²) in [6.45, 7) is 14.5. The minimum atomic E-state index is -1.05. The molecule has 270 valence electrons. The fourth-order valence-corrected chi connectivity index (χ4v) is 6.90. The normalized spacial score (nSPS) is 21.9. The highest BCUT2D eigenvalue weighted by Gasteiger charge is 2.55. The SMILES string of the molecule is CCC[C@H](CC(=O)[C@@H]1C[C@]2(CC(c3cc(Cl)c(OC)cc3C)=NO2)CN1C(=O)[C@@H](NC(=O)OC(C)(C)C)C(C)(C)C)C(=O)C(=O)CC1CC1. The van der Waals surface area contributed by atoms with E-state index in [1.54, 1.807) is 26.8 Å². The lowest BCUT2D eigenvalue weighted by molar-refractivity contribution is -0.143. The number of ketones is 3. The molecule has 1 aromatic rings. The molecule has 49 heavy (non-hydrogen) atoms. The Kier molecular flexibility index (Phi) is 11.6. The van der Waals surface area contributed by atoms with E-state index in [0.717, 1.165) is 24.0 Å². The van der Waals surface area contributed by atoms with Crippen molar-refractivity contribution in [3.8, 4) is 5.75 Å². The zero-order chi connectivity index (χ0) is 36.5. The molecule has 1 spiro atoms. The number of nitrogens with one attached hydrogen (secondary N) is 1. The van der Waals surface area contributed by atoms with Crippen molar-refractivity contribution >= 4 is 46.7 Å². The zero-order valence-electron chi connectivity index (χ0n) is 30.4. The number of halogens is 1. The van der Waals surface area contributed by atoms with Crippen molar-refractivity contribution in [2.24, 2.45) is 22.4 Å². The largest absolute Gasteiger partial charge is 0.495 e. The molecular weight excluding hydrogens is 650 g/mol. The van der Waals surface area contributed by atoms with Gasteiger partial charge in [-0.3, -0.25) is 19.2 Å². The van der Waals surface area contributed by atoms with Crippen LogP contribution < -0.4 is 10.1 Å². The van der Waals surface area contributed by atoms with Gasteiger partial charge in [-0.05, 0) is 76.0 Å². The van der Waals surface area contributed by atoms with Crippen LogP contribution in [0, 0.1) is 24.2 Å². The Morgan fingerprint density at radius 3 is 2.37 bits per heavy atom. The number of carbonyl (C=O) groups is 5. The van der Waals surface area contributed by atoms with E-state index < -0.39 is 58.2 Å². The number of aryl methyl sites for hydroxylation is 1. The van der Waals surface area contributed by atoms with Crippen LogP contribution in [0.25, 0.3) is 0 Å². The number of hydrogen-bond donors (Lipinski definition) is 1. The fourth-order valence-electron chi connectivity index (χ4n) is 6.66. The minimum Gasteiger partial charge on any atom is -0.495 e. The molecule has 1 saturated heterocycles. The second-order valence-electron chi connectivity index (χ2n) is 16.0. The van der Waals surface area contributed by atoms with Gasteiger partial charge in [0.2, 0.25) is 11.7 Å². The van der Waals surface area contributed by atoms with E-state index in [2.05, 4.69) is 10.5 Å². The lowest BCUT2D eigenvalue weighted by Crippen LogP contribution is -2.57. The molecule has 4 rings (SSSR count). The Balaban J connectivity index is 1.64. The maximum absolute atomic E-state index is 14.5. The topological polar surface area (TPSA) is 141 Å². The number of carbonyl (C=O) groups excluding carboxylic acids is 5. The number of nitrogens with zero attached hydrogens (tertiary/aromatic N) is 2. The van der Waals surface area contributed by atoms with Crippen LogP contribution in [-0.4, -0.2) is 76.9 Å². The number of hydrogen-bond acceptors (Lipinski definition) is 9. The first-order valence-corrected chi connectivity index (χ1v) is 17.6. The number of ether oxygens (including phenoxy) is 2. The van der Waals surface area contributed by atoms with Gasteiger partial charge in [0.05, 0.1) is 30.4 Å². The number of alkyl carbamates (subject to hydrolysis) is 1. The van der Waals surface area contributed by atoms with Gasteiger partial charge in [0.25, 0.3) is 0 Å². The maximum atomic E-state index is 14.5. The third-order valence-corrected chi connectivity index (χ3v) is 9.67. The molecule has 0 radical (unpaired) electrons. The van der Waals surface area contributed by atoms with Gasteiger partial charge >= 0.3 is 6.09 Å². The van der Waals surface area contributed by atoms with Crippen LogP contribution in [0.4, 0.5) is 4.79 Å². The van der Waals surface area contributed by atoms with E-state index in [1.807, 2.05) is 40.7 Å². The first-order chi connectivity index (χ1) is 22.8. The van der Waals surface area contributed by atoms with Gasteiger partial charge in [-0.2, -0.15) is 0 Å². The van der Waals surface area contributed by atoms with E-state index in [1.165, 1.54) is 12.0 Å². The van der Waals surface area contributed by atoms with Gasteiger partial charge in [0, 0.05) is 37.2 Å². The second kappa shape index (κ2) is 14.8. The summed E-state index contributed by atoms with van der Waals surface area (Å²) in [4.78, 5) is 75.4. The number of oxime groups is 1. The van der Waals surface area contributed by atoms with E-state index in [9.17, 15) is 24.0 Å². The highest BCUT2D eigenvalue weighted by Crippen LogP contribution is 2.42. The molecule has 1 aromatic carbocycles. The summed E-state index contributed by atoms with van der Waals surface area (Å²) >= 11 is 6.46. The third-order valence-electron chi connectivity index (χ3n) is 9.38. The van der Waals surface area contributed by atoms with E-state index in [4.69, 9.17) is 25.9 Å². The molecule has 12 heteroatoms. The Hall–Kier alpha value is -3.47. The molecule has 3 aliphatic rings. The first-order valence-electron chi connectivity index (χ1n) is 17.3.